The zero-order chi connectivity index (χ0) is 15.1. The van der Waals surface area contributed by atoms with Gasteiger partial charge in [0.05, 0.1) is 6.54 Å². The van der Waals surface area contributed by atoms with E-state index in [1.165, 1.54) is 11.8 Å². The molecule has 20 heavy (non-hydrogen) atoms. The third kappa shape index (κ3) is 3.23. The Morgan fingerprint density at radius 3 is 2.60 bits per heavy atom. The van der Waals surface area contributed by atoms with E-state index in [1.54, 1.807) is 7.05 Å². The van der Waals surface area contributed by atoms with Crippen molar-refractivity contribution in [3.8, 4) is 0 Å². The van der Waals surface area contributed by atoms with Gasteiger partial charge in [0.25, 0.3) is 0 Å². The average Bonchev–Trinajstić information content (AvgIpc) is 2.89. The number of carbonyl (C=O) groups excluding carboxylic acids is 1. The summed E-state index contributed by atoms with van der Waals surface area (Å²) >= 11 is 0. The molecule has 0 unspecified atom stereocenters. The molecule has 6 heteroatoms. The summed E-state index contributed by atoms with van der Waals surface area (Å²) < 4.78 is 28.5. The summed E-state index contributed by atoms with van der Waals surface area (Å²) in [5, 5.41) is -1.02. The van der Waals surface area contributed by atoms with Crippen molar-refractivity contribution in [1.82, 2.24) is 4.90 Å². The zero-order valence-electron chi connectivity index (χ0n) is 12.3. The van der Waals surface area contributed by atoms with E-state index in [0.717, 1.165) is 18.4 Å². The lowest BCUT2D eigenvalue weighted by atomic mass is 10.3. The van der Waals surface area contributed by atoms with Gasteiger partial charge in [-0.3, -0.25) is 4.79 Å². The molecule has 0 aromatic carbocycles. The number of amides is 1. The number of nitrogens with zero attached hydrogens (tertiary/aromatic N) is 1. The molecular weight excluding hydrogens is 278 g/mol. The third-order valence-electron chi connectivity index (χ3n) is 3.92. The van der Waals surface area contributed by atoms with Gasteiger partial charge in [-0.15, -0.1) is 0 Å². The zero-order valence-corrected chi connectivity index (χ0v) is 13.1. The Morgan fingerprint density at radius 1 is 1.50 bits per heavy atom. The summed E-state index contributed by atoms with van der Waals surface area (Å²) in [5.74, 6) is 2.41. The Morgan fingerprint density at radius 2 is 2.10 bits per heavy atom. The van der Waals surface area contributed by atoms with Gasteiger partial charge >= 0.3 is 0 Å². The van der Waals surface area contributed by atoms with Crippen LogP contribution in [0.3, 0.4) is 0 Å². The van der Waals surface area contributed by atoms with Gasteiger partial charge in [0.1, 0.15) is 16.8 Å². The van der Waals surface area contributed by atoms with Crippen molar-refractivity contribution in [3.63, 3.8) is 0 Å². The highest BCUT2D eigenvalue weighted by molar-refractivity contribution is 7.92. The Kier molecular flexibility index (Phi) is 3.95. The van der Waals surface area contributed by atoms with Crippen LogP contribution in [0.2, 0.25) is 0 Å². The summed E-state index contributed by atoms with van der Waals surface area (Å²) in [6, 6.07) is 3.80. The lowest BCUT2D eigenvalue weighted by molar-refractivity contribution is -0.129. The van der Waals surface area contributed by atoms with Gasteiger partial charge < -0.3 is 9.32 Å². The Hall–Kier alpha value is -1.30. The number of carbonyl (C=O) groups is 1. The number of sulfone groups is 1. The maximum absolute atomic E-state index is 12.0. The molecule has 0 spiro atoms. The fourth-order valence-corrected chi connectivity index (χ4v) is 2.75. The van der Waals surface area contributed by atoms with E-state index in [1.807, 2.05) is 12.1 Å². The number of hydrogen-bond acceptors (Lipinski definition) is 4. The van der Waals surface area contributed by atoms with Crippen LogP contribution in [0, 0.1) is 5.92 Å². The van der Waals surface area contributed by atoms with Gasteiger partial charge in [0, 0.05) is 19.2 Å². The van der Waals surface area contributed by atoms with Gasteiger partial charge in [0.15, 0.2) is 9.84 Å². The molecule has 1 amide bonds. The summed E-state index contributed by atoms with van der Waals surface area (Å²) in [6.07, 6.45) is 2.22. The SMILES string of the molecule is C[C@@H]1C[C@@H]1c1ccc(CN(C)C(=O)[C@@H](C)S(C)(=O)=O)o1. The lowest BCUT2D eigenvalue weighted by Gasteiger charge is -2.19. The van der Waals surface area contributed by atoms with E-state index in [4.69, 9.17) is 4.42 Å². The normalized spacial score (nSPS) is 23.4. The molecule has 112 valence electrons. The van der Waals surface area contributed by atoms with Crippen molar-refractivity contribution in [2.24, 2.45) is 5.92 Å². The van der Waals surface area contributed by atoms with Crippen LogP contribution in [0.15, 0.2) is 16.5 Å². The van der Waals surface area contributed by atoms with Crippen LogP contribution in [0.4, 0.5) is 0 Å². The third-order valence-corrected chi connectivity index (χ3v) is 5.40. The lowest BCUT2D eigenvalue weighted by Crippen LogP contribution is -2.38. The van der Waals surface area contributed by atoms with Gasteiger partial charge in [-0.2, -0.15) is 0 Å². The molecule has 1 fully saturated rings. The molecule has 1 aliphatic rings. The molecule has 5 nitrogen and oxygen atoms in total. The summed E-state index contributed by atoms with van der Waals surface area (Å²) in [5.41, 5.74) is 0. The smallest absolute Gasteiger partial charge is 0.240 e. The molecule has 0 saturated heterocycles. The highest BCUT2D eigenvalue weighted by Gasteiger charge is 2.36. The fraction of sp³-hybridized carbons (Fsp3) is 0.643. The van der Waals surface area contributed by atoms with Gasteiger partial charge in [-0.1, -0.05) is 6.92 Å². The predicted molar refractivity (Wildman–Crippen MR) is 76.0 cm³/mol. The maximum atomic E-state index is 12.0. The molecule has 0 radical (unpaired) electrons. The summed E-state index contributed by atoms with van der Waals surface area (Å²) in [6.45, 7) is 3.88. The molecule has 1 aromatic rings. The second-order valence-corrected chi connectivity index (χ2v) is 8.16. The van der Waals surface area contributed by atoms with Crippen LogP contribution in [-0.2, 0) is 21.2 Å². The van der Waals surface area contributed by atoms with Crippen LogP contribution in [0.5, 0.6) is 0 Å². The first kappa shape index (κ1) is 15.1. The maximum Gasteiger partial charge on any atom is 0.240 e. The van der Waals surface area contributed by atoms with Crippen molar-refractivity contribution in [2.75, 3.05) is 13.3 Å². The minimum absolute atomic E-state index is 0.291. The van der Waals surface area contributed by atoms with Crippen molar-refractivity contribution in [1.29, 1.82) is 0 Å². The van der Waals surface area contributed by atoms with Gasteiger partial charge in [0.2, 0.25) is 5.91 Å². The van der Waals surface area contributed by atoms with Gasteiger partial charge in [-0.05, 0) is 31.4 Å². The molecule has 1 saturated carbocycles. The largest absolute Gasteiger partial charge is 0.464 e. The van der Waals surface area contributed by atoms with Crippen molar-refractivity contribution >= 4 is 15.7 Å². The highest BCUT2D eigenvalue weighted by atomic mass is 32.2. The van der Waals surface area contributed by atoms with E-state index in [9.17, 15) is 13.2 Å². The van der Waals surface area contributed by atoms with Crippen LogP contribution in [0.25, 0.3) is 0 Å². The van der Waals surface area contributed by atoms with E-state index >= 15 is 0 Å². The standard InChI is InChI=1S/C14H21NO4S/c1-9-7-12(9)13-6-5-11(19-13)8-15(3)14(16)10(2)20(4,17)18/h5-6,9-10,12H,7-8H2,1-4H3/t9-,10-,12+/m1/s1. The highest BCUT2D eigenvalue weighted by Crippen LogP contribution is 2.47. The quantitative estimate of drug-likeness (QED) is 0.831. The molecule has 0 bridgehead atoms. The topological polar surface area (TPSA) is 67.6 Å². The molecule has 1 aromatic heterocycles. The number of furan rings is 1. The molecule has 0 N–H and O–H groups in total. The first-order valence-corrected chi connectivity index (χ1v) is 8.68. The molecular formula is C14H21NO4S. The first-order valence-electron chi connectivity index (χ1n) is 6.72. The fourth-order valence-electron chi connectivity index (χ4n) is 2.20. The molecule has 0 aliphatic heterocycles. The molecule has 3 atom stereocenters. The number of rotatable bonds is 5. The summed E-state index contributed by atoms with van der Waals surface area (Å²) in [7, 11) is -1.78. The first-order chi connectivity index (χ1) is 9.20. The van der Waals surface area contributed by atoms with E-state index < -0.39 is 21.0 Å². The minimum Gasteiger partial charge on any atom is -0.464 e. The summed E-state index contributed by atoms with van der Waals surface area (Å²) in [4.78, 5) is 13.4. The second kappa shape index (κ2) is 5.24. The molecule has 2 rings (SSSR count). The van der Waals surface area contributed by atoms with Crippen LogP contribution < -0.4 is 0 Å². The van der Waals surface area contributed by atoms with Crippen LogP contribution >= 0.6 is 0 Å². The van der Waals surface area contributed by atoms with E-state index in [0.29, 0.717) is 24.1 Å². The second-order valence-electron chi connectivity index (χ2n) is 5.79. The van der Waals surface area contributed by atoms with E-state index in [2.05, 4.69) is 6.92 Å². The molecule has 1 aliphatic carbocycles. The van der Waals surface area contributed by atoms with Crippen LogP contribution in [0.1, 0.15) is 37.7 Å². The number of hydrogen-bond donors (Lipinski definition) is 0. The predicted octanol–water partition coefficient (Wildman–Crippen LogP) is 1.79. The monoisotopic (exact) mass is 299 g/mol. The van der Waals surface area contributed by atoms with Gasteiger partial charge in [-0.25, -0.2) is 8.42 Å². The average molecular weight is 299 g/mol. The van der Waals surface area contributed by atoms with Crippen molar-refractivity contribution < 1.29 is 17.6 Å². The molecule has 1 heterocycles. The van der Waals surface area contributed by atoms with Crippen molar-refractivity contribution in [3.05, 3.63) is 23.7 Å². The van der Waals surface area contributed by atoms with Crippen LogP contribution in [-0.4, -0.2) is 37.8 Å². The Bertz CT molecular complexity index is 604. The van der Waals surface area contributed by atoms with E-state index in [-0.39, 0.29) is 0 Å². The minimum atomic E-state index is -3.37. The Balaban J connectivity index is 1.99. The Labute approximate surface area is 119 Å². The van der Waals surface area contributed by atoms with Crippen molar-refractivity contribution in [2.45, 2.75) is 38.0 Å².